The van der Waals surface area contributed by atoms with Gasteiger partial charge in [-0.1, -0.05) is 19.3 Å². The maximum atomic E-state index is 13.2. The highest BCUT2D eigenvalue weighted by molar-refractivity contribution is 5.93. The summed E-state index contributed by atoms with van der Waals surface area (Å²) >= 11 is 0. The van der Waals surface area contributed by atoms with Crippen molar-refractivity contribution >= 4 is 5.91 Å². The molecule has 0 saturated heterocycles. The van der Waals surface area contributed by atoms with E-state index in [1.807, 2.05) is 6.92 Å². The second-order valence-electron chi connectivity index (χ2n) is 6.34. The third kappa shape index (κ3) is 3.78. The predicted octanol–water partition coefficient (Wildman–Crippen LogP) is 3.83. The van der Waals surface area contributed by atoms with Crippen molar-refractivity contribution in [3.05, 3.63) is 41.3 Å². The van der Waals surface area contributed by atoms with Gasteiger partial charge in [0.25, 0.3) is 5.91 Å². The van der Waals surface area contributed by atoms with Gasteiger partial charge in [-0.15, -0.1) is 0 Å². The van der Waals surface area contributed by atoms with Crippen LogP contribution in [-0.2, 0) is 0 Å². The van der Waals surface area contributed by atoms with E-state index >= 15 is 0 Å². The van der Waals surface area contributed by atoms with Gasteiger partial charge in [-0.05, 0) is 55.5 Å². The zero-order valence-electron chi connectivity index (χ0n) is 13.4. The van der Waals surface area contributed by atoms with Gasteiger partial charge in [-0.2, -0.15) is 5.10 Å². The lowest BCUT2D eigenvalue weighted by Gasteiger charge is -2.21. The zero-order chi connectivity index (χ0) is 16.2. The number of aromatic nitrogens is 2. The topological polar surface area (TPSA) is 57.8 Å². The molecule has 2 aromatic rings. The van der Waals surface area contributed by atoms with Crippen molar-refractivity contribution in [2.45, 2.75) is 39.0 Å². The largest absolute Gasteiger partial charge is 0.350 e. The molecule has 5 heteroatoms. The fraction of sp³-hybridized carbons (Fsp3) is 0.444. The molecule has 1 aliphatic rings. The van der Waals surface area contributed by atoms with Gasteiger partial charge in [0.2, 0.25) is 0 Å². The van der Waals surface area contributed by atoms with Gasteiger partial charge in [-0.25, -0.2) is 4.39 Å². The van der Waals surface area contributed by atoms with Gasteiger partial charge >= 0.3 is 0 Å². The summed E-state index contributed by atoms with van der Waals surface area (Å²) in [4.78, 5) is 12.2. The fourth-order valence-corrected chi connectivity index (χ4v) is 3.21. The molecule has 1 heterocycles. The Labute approximate surface area is 135 Å². The number of aryl methyl sites for hydroxylation is 1. The van der Waals surface area contributed by atoms with Crippen LogP contribution < -0.4 is 5.32 Å². The Hall–Kier alpha value is -2.17. The first kappa shape index (κ1) is 15.7. The summed E-state index contributed by atoms with van der Waals surface area (Å²) in [6.07, 6.45) is 6.23. The van der Waals surface area contributed by atoms with E-state index in [0.717, 1.165) is 17.7 Å². The van der Waals surface area contributed by atoms with Crippen molar-refractivity contribution in [3.8, 4) is 11.3 Å². The molecule has 1 amide bonds. The zero-order valence-corrected chi connectivity index (χ0v) is 13.4. The molecule has 0 spiro atoms. The third-order valence-electron chi connectivity index (χ3n) is 4.56. The van der Waals surface area contributed by atoms with Crippen LogP contribution in [0.5, 0.6) is 0 Å². The van der Waals surface area contributed by atoms with Gasteiger partial charge in [0.15, 0.2) is 0 Å². The van der Waals surface area contributed by atoms with E-state index in [1.54, 1.807) is 12.1 Å². The van der Waals surface area contributed by atoms with Crippen LogP contribution >= 0.6 is 0 Å². The number of aromatic amines is 1. The number of amides is 1. The summed E-state index contributed by atoms with van der Waals surface area (Å²) < 4.78 is 13.2. The molecular formula is C18H22FN3O. The van der Waals surface area contributed by atoms with E-state index in [0.29, 0.717) is 17.3 Å². The first-order valence-corrected chi connectivity index (χ1v) is 8.23. The van der Waals surface area contributed by atoms with Gasteiger partial charge in [-0.3, -0.25) is 9.89 Å². The average molecular weight is 315 g/mol. The minimum Gasteiger partial charge on any atom is -0.350 e. The van der Waals surface area contributed by atoms with Gasteiger partial charge in [0, 0.05) is 12.1 Å². The first-order chi connectivity index (χ1) is 11.1. The molecule has 0 atom stereocenters. The van der Waals surface area contributed by atoms with Crippen LogP contribution in [0, 0.1) is 18.7 Å². The van der Waals surface area contributed by atoms with Crippen LogP contribution in [0.2, 0.25) is 0 Å². The van der Waals surface area contributed by atoms with E-state index in [1.165, 1.54) is 44.2 Å². The maximum absolute atomic E-state index is 13.2. The minimum absolute atomic E-state index is 0.130. The Balaban J connectivity index is 1.65. The van der Waals surface area contributed by atoms with Gasteiger partial charge in [0.1, 0.15) is 11.5 Å². The summed E-state index contributed by atoms with van der Waals surface area (Å²) in [5, 5.41) is 9.95. The van der Waals surface area contributed by atoms with E-state index in [-0.39, 0.29) is 11.7 Å². The predicted molar refractivity (Wildman–Crippen MR) is 87.6 cm³/mol. The molecule has 0 aliphatic heterocycles. The number of carbonyl (C=O) groups is 1. The second kappa shape index (κ2) is 6.94. The summed E-state index contributed by atoms with van der Waals surface area (Å²) in [6.45, 7) is 2.55. The van der Waals surface area contributed by atoms with Crippen molar-refractivity contribution < 1.29 is 9.18 Å². The average Bonchev–Trinajstić information content (AvgIpc) is 3.03. The van der Waals surface area contributed by atoms with Crippen LogP contribution in [0.3, 0.4) is 0 Å². The van der Waals surface area contributed by atoms with Gasteiger partial charge < -0.3 is 5.32 Å². The smallest absolute Gasteiger partial charge is 0.269 e. The second-order valence-corrected chi connectivity index (χ2v) is 6.34. The highest BCUT2D eigenvalue weighted by Crippen LogP contribution is 2.24. The van der Waals surface area contributed by atoms with Crippen LogP contribution in [0.4, 0.5) is 4.39 Å². The highest BCUT2D eigenvalue weighted by Gasteiger charge is 2.16. The van der Waals surface area contributed by atoms with Crippen molar-refractivity contribution in [2.75, 3.05) is 6.54 Å². The molecule has 1 saturated carbocycles. The minimum atomic E-state index is -0.271. The number of halogens is 1. The molecular weight excluding hydrogens is 293 g/mol. The molecule has 122 valence electrons. The van der Waals surface area contributed by atoms with E-state index in [2.05, 4.69) is 15.5 Å². The molecule has 2 N–H and O–H groups in total. The summed E-state index contributed by atoms with van der Waals surface area (Å²) in [5.74, 6) is 0.191. The van der Waals surface area contributed by atoms with E-state index < -0.39 is 0 Å². The molecule has 3 rings (SSSR count). The number of benzene rings is 1. The lowest BCUT2D eigenvalue weighted by atomic mass is 9.89. The number of nitrogens with zero attached hydrogens (tertiary/aromatic N) is 1. The molecule has 0 radical (unpaired) electrons. The van der Waals surface area contributed by atoms with Crippen LogP contribution in [0.1, 0.15) is 48.2 Å². The number of carbonyl (C=O) groups excluding carboxylic acids is 1. The Bertz CT molecular complexity index is 689. The molecule has 1 fully saturated rings. The number of hydrogen-bond acceptors (Lipinski definition) is 2. The molecule has 0 bridgehead atoms. The van der Waals surface area contributed by atoms with Crippen LogP contribution in [0.25, 0.3) is 11.3 Å². The Morgan fingerprint density at radius 3 is 2.83 bits per heavy atom. The third-order valence-corrected chi connectivity index (χ3v) is 4.56. The Morgan fingerprint density at radius 1 is 1.30 bits per heavy atom. The molecule has 1 aromatic heterocycles. The molecule has 0 unspecified atom stereocenters. The number of nitrogens with one attached hydrogen (secondary N) is 2. The standard InChI is InChI=1S/C18H22FN3O/c1-12-9-14(19)7-8-15(12)16-10-17(22-21-16)18(23)20-11-13-5-3-2-4-6-13/h7-10,13H,2-6,11H2,1H3,(H,20,23)(H,21,22). The number of H-pyrrole nitrogens is 1. The Kier molecular flexibility index (Phi) is 4.74. The fourth-order valence-electron chi connectivity index (χ4n) is 3.21. The highest BCUT2D eigenvalue weighted by atomic mass is 19.1. The van der Waals surface area contributed by atoms with Crippen molar-refractivity contribution in [2.24, 2.45) is 5.92 Å². The van der Waals surface area contributed by atoms with Gasteiger partial charge in [0.05, 0.1) is 5.69 Å². The van der Waals surface area contributed by atoms with E-state index in [9.17, 15) is 9.18 Å². The van der Waals surface area contributed by atoms with Crippen molar-refractivity contribution in [1.82, 2.24) is 15.5 Å². The van der Waals surface area contributed by atoms with Crippen LogP contribution in [-0.4, -0.2) is 22.6 Å². The maximum Gasteiger partial charge on any atom is 0.269 e. The summed E-state index contributed by atoms with van der Waals surface area (Å²) in [7, 11) is 0. The van der Waals surface area contributed by atoms with Crippen LogP contribution in [0.15, 0.2) is 24.3 Å². The molecule has 4 nitrogen and oxygen atoms in total. The van der Waals surface area contributed by atoms with Crippen molar-refractivity contribution in [1.29, 1.82) is 0 Å². The molecule has 1 aliphatic carbocycles. The van der Waals surface area contributed by atoms with Crippen molar-refractivity contribution in [3.63, 3.8) is 0 Å². The normalized spacial score (nSPS) is 15.6. The lowest BCUT2D eigenvalue weighted by molar-refractivity contribution is 0.0938. The Morgan fingerprint density at radius 2 is 2.09 bits per heavy atom. The SMILES string of the molecule is Cc1cc(F)ccc1-c1cc(C(=O)NCC2CCCCC2)[nH]n1. The summed E-state index contributed by atoms with van der Waals surface area (Å²) in [6, 6.07) is 6.27. The number of rotatable bonds is 4. The molecule has 23 heavy (non-hydrogen) atoms. The quantitative estimate of drug-likeness (QED) is 0.901. The summed E-state index contributed by atoms with van der Waals surface area (Å²) in [5.41, 5.74) is 2.73. The molecule has 1 aromatic carbocycles. The number of hydrogen-bond donors (Lipinski definition) is 2. The first-order valence-electron chi connectivity index (χ1n) is 8.23. The lowest BCUT2D eigenvalue weighted by Crippen LogP contribution is -2.30. The van der Waals surface area contributed by atoms with E-state index in [4.69, 9.17) is 0 Å². The monoisotopic (exact) mass is 315 g/mol.